The molecule has 0 aliphatic heterocycles. The van der Waals surface area contributed by atoms with E-state index in [-0.39, 0.29) is 17.6 Å². The highest BCUT2D eigenvalue weighted by Gasteiger charge is 2.62. The Labute approximate surface area is 197 Å². The quantitative estimate of drug-likeness (QED) is 0.525. The largest absolute Gasteiger partial charge is 0.461 e. The minimum Gasteiger partial charge on any atom is -0.461 e. The van der Waals surface area contributed by atoms with Gasteiger partial charge in [-0.15, -0.1) is 0 Å². The van der Waals surface area contributed by atoms with Gasteiger partial charge in [-0.1, -0.05) is 13.8 Å². The van der Waals surface area contributed by atoms with Gasteiger partial charge in [0.15, 0.2) is 0 Å². The van der Waals surface area contributed by atoms with E-state index in [1.54, 1.807) is 0 Å². The Morgan fingerprint density at radius 1 is 0.906 bits per heavy atom. The molecular formula is C28H50N2O2. The number of fused-ring (bicyclic) bond motifs is 5. The number of hydrogen-bond acceptors (Lipinski definition) is 4. The molecular weight excluding hydrogens is 396 g/mol. The van der Waals surface area contributed by atoms with E-state index < -0.39 is 0 Å². The molecule has 4 heteroatoms. The molecule has 0 bridgehead atoms. The Hall–Kier alpha value is -0.610. The summed E-state index contributed by atoms with van der Waals surface area (Å²) in [5.74, 6) is 4.16. The predicted molar refractivity (Wildman–Crippen MR) is 131 cm³/mol. The number of carbonyl (C=O) groups excluding carboxylic acids is 1. The van der Waals surface area contributed by atoms with E-state index in [1.165, 1.54) is 44.9 Å². The maximum Gasteiger partial charge on any atom is 0.320 e. The van der Waals surface area contributed by atoms with Gasteiger partial charge in [0, 0.05) is 5.54 Å². The van der Waals surface area contributed by atoms with Gasteiger partial charge in [-0.25, -0.2) is 0 Å². The Bertz CT molecular complexity index is 704. The number of carbonyl (C=O) groups is 1. The average Bonchev–Trinajstić information content (AvgIpc) is 3.05. The first-order valence-corrected chi connectivity index (χ1v) is 13.4. The minimum absolute atomic E-state index is 0.0498. The Kier molecular flexibility index (Phi) is 6.55. The molecule has 4 aliphatic carbocycles. The van der Waals surface area contributed by atoms with Crippen LogP contribution in [0.25, 0.3) is 0 Å². The first-order valence-electron chi connectivity index (χ1n) is 13.4. The number of nitrogens with zero attached hydrogens (tertiary/aromatic N) is 2. The Balaban J connectivity index is 1.46. The van der Waals surface area contributed by atoms with Gasteiger partial charge in [-0.2, -0.15) is 0 Å². The highest BCUT2D eigenvalue weighted by Crippen LogP contribution is 2.68. The average molecular weight is 447 g/mol. The Morgan fingerprint density at radius 3 is 2.22 bits per heavy atom. The van der Waals surface area contributed by atoms with Crippen LogP contribution in [0, 0.1) is 40.4 Å². The zero-order valence-corrected chi connectivity index (χ0v) is 22.2. The third kappa shape index (κ3) is 3.96. The van der Waals surface area contributed by atoms with Crippen molar-refractivity contribution in [2.45, 2.75) is 97.1 Å². The summed E-state index contributed by atoms with van der Waals surface area (Å²) in [4.78, 5) is 16.6. The van der Waals surface area contributed by atoms with E-state index in [2.05, 4.69) is 46.7 Å². The summed E-state index contributed by atoms with van der Waals surface area (Å²) in [6.07, 6.45) is 11.9. The van der Waals surface area contributed by atoms with Gasteiger partial charge >= 0.3 is 5.97 Å². The first kappa shape index (κ1) is 24.5. The van der Waals surface area contributed by atoms with Crippen LogP contribution >= 0.6 is 0 Å². The lowest BCUT2D eigenvalue weighted by Gasteiger charge is -2.62. The summed E-state index contributed by atoms with van der Waals surface area (Å²) < 4.78 is 5.91. The maximum atomic E-state index is 12.2. The molecule has 184 valence electrons. The molecule has 0 spiro atoms. The third-order valence-electron chi connectivity index (χ3n) is 11.4. The van der Waals surface area contributed by atoms with Gasteiger partial charge in [-0.3, -0.25) is 9.69 Å². The standard InChI is InChI=1S/C28H50N2O2/c1-26(2,30(7)8)24-12-11-22-21-10-9-19-17-20(32-25(31)18-29(5)6)13-15-27(19,3)23(21)14-16-28(22,24)4/h19-24H,9-18H2,1-8H3. The van der Waals surface area contributed by atoms with Crippen LogP contribution in [-0.4, -0.2) is 62.1 Å². The summed E-state index contributed by atoms with van der Waals surface area (Å²) in [5, 5.41) is 0. The number of likely N-dealkylation sites (N-methyl/N-ethyl adjacent to an activating group) is 1. The smallest absolute Gasteiger partial charge is 0.320 e. The lowest BCUT2D eigenvalue weighted by molar-refractivity contribution is -0.164. The van der Waals surface area contributed by atoms with E-state index in [4.69, 9.17) is 4.74 Å². The molecule has 0 N–H and O–H groups in total. The topological polar surface area (TPSA) is 32.8 Å². The number of hydrogen-bond donors (Lipinski definition) is 0. The zero-order valence-electron chi connectivity index (χ0n) is 22.2. The third-order valence-corrected chi connectivity index (χ3v) is 11.4. The van der Waals surface area contributed by atoms with E-state index in [9.17, 15) is 4.79 Å². The van der Waals surface area contributed by atoms with Gasteiger partial charge in [0.25, 0.3) is 0 Å². The van der Waals surface area contributed by atoms with Crippen LogP contribution in [0.4, 0.5) is 0 Å². The predicted octanol–water partition coefficient (Wildman–Crippen LogP) is 5.46. The van der Waals surface area contributed by atoms with E-state index >= 15 is 0 Å². The highest BCUT2D eigenvalue weighted by atomic mass is 16.5. The second kappa shape index (κ2) is 8.56. The van der Waals surface area contributed by atoms with Crippen molar-refractivity contribution in [2.24, 2.45) is 40.4 Å². The maximum absolute atomic E-state index is 12.2. The summed E-state index contributed by atoms with van der Waals surface area (Å²) in [7, 11) is 8.42. The highest BCUT2D eigenvalue weighted by molar-refractivity contribution is 5.71. The molecule has 8 unspecified atom stereocenters. The fourth-order valence-corrected chi connectivity index (χ4v) is 9.28. The zero-order chi connectivity index (χ0) is 23.5. The molecule has 0 heterocycles. The van der Waals surface area contributed by atoms with Crippen molar-refractivity contribution in [2.75, 3.05) is 34.7 Å². The molecule has 0 aromatic rings. The van der Waals surface area contributed by atoms with Crippen LogP contribution in [0.5, 0.6) is 0 Å². The number of rotatable bonds is 5. The summed E-state index contributed by atoms with van der Waals surface area (Å²) in [5.41, 5.74) is 1.22. The van der Waals surface area contributed by atoms with Crippen LogP contribution in [-0.2, 0) is 9.53 Å². The minimum atomic E-state index is -0.0498. The molecule has 0 amide bonds. The van der Waals surface area contributed by atoms with Crippen LogP contribution < -0.4 is 0 Å². The van der Waals surface area contributed by atoms with Gasteiger partial charge in [0.05, 0.1) is 6.54 Å². The molecule has 4 nitrogen and oxygen atoms in total. The molecule has 4 aliphatic rings. The lowest BCUT2D eigenvalue weighted by Crippen LogP contribution is -2.57. The van der Waals surface area contributed by atoms with Gasteiger partial charge in [-0.05, 0) is 140 Å². The lowest BCUT2D eigenvalue weighted by atomic mass is 9.44. The number of ether oxygens (including phenoxy) is 1. The van der Waals surface area contributed by atoms with E-state index in [1.807, 2.05) is 19.0 Å². The first-order chi connectivity index (χ1) is 14.9. The summed E-state index contributed by atoms with van der Waals surface area (Å²) in [6.45, 7) is 10.6. The van der Waals surface area contributed by atoms with Crippen LogP contribution in [0.1, 0.15) is 85.5 Å². The van der Waals surface area contributed by atoms with E-state index in [0.29, 0.717) is 17.4 Å². The monoisotopic (exact) mass is 446 g/mol. The van der Waals surface area contributed by atoms with Crippen molar-refractivity contribution in [1.29, 1.82) is 0 Å². The van der Waals surface area contributed by atoms with Gasteiger partial charge < -0.3 is 9.64 Å². The molecule has 32 heavy (non-hydrogen) atoms. The Morgan fingerprint density at radius 2 is 1.56 bits per heavy atom. The van der Waals surface area contributed by atoms with Crippen LogP contribution in [0.2, 0.25) is 0 Å². The van der Waals surface area contributed by atoms with E-state index in [0.717, 1.165) is 42.4 Å². The second-order valence-electron chi connectivity index (χ2n) is 13.5. The van der Waals surface area contributed by atoms with Crippen molar-refractivity contribution in [1.82, 2.24) is 9.80 Å². The summed E-state index contributed by atoms with van der Waals surface area (Å²) in [6, 6.07) is 0. The summed E-state index contributed by atoms with van der Waals surface area (Å²) >= 11 is 0. The molecule has 8 atom stereocenters. The molecule has 0 aromatic carbocycles. The molecule has 0 radical (unpaired) electrons. The van der Waals surface area contributed by atoms with Crippen LogP contribution in [0.3, 0.4) is 0 Å². The fraction of sp³-hybridized carbons (Fsp3) is 0.964. The van der Waals surface area contributed by atoms with Crippen LogP contribution in [0.15, 0.2) is 0 Å². The molecule has 4 saturated carbocycles. The SMILES string of the molecule is CN(C)CC(=O)OC1CCC2(C)C(CCC3C2CCC2(C)C3CCC2C(C)(C)N(C)C)C1. The molecule has 0 saturated heterocycles. The second-order valence-corrected chi connectivity index (χ2v) is 13.5. The normalized spacial score (nSPS) is 44.2. The molecule has 4 fully saturated rings. The molecule has 0 aromatic heterocycles. The van der Waals surface area contributed by atoms with Crippen molar-refractivity contribution in [3.63, 3.8) is 0 Å². The molecule has 4 rings (SSSR count). The van der Waals surface area contributed by atoms with Gasteiger partial charge in [0.1, 0.15) is 6.10 Å². The van der Waals surface area contributed by atoms with Crippen molar-refractivity contribution in [3.8, 4) is 0 Å². The van der Waals surface area contributed by atoms with Gasteiger partial charge in [0.2, 0.25) is 0 Å². The van der Waals surface area contributed by atoms with Crippen molar-refractivity contribution < 1.29 is 9.53 Å². The van der Waals surface area contributed by atoms with Crippen molar-refractivity contribution in [3.05, 3.63) is 0 Å². The fourth-order valence-electron chi connectivity index (χ4n) is 9.28. The number of esters is 1. The van der Waals surface area contributed by atoms with Crippen molar-refractivity contribution >= 4 is 5.97 Å².